The highest BCUT2D eigenvalue weighted by Gasteiger charge is 2.59. The SMILES string of the molecule is Cc1cc(NC2C3(C)CCC(C3)C2(C)C)ncc1[N+](=O)[O-]. The van der Waals surface area contributed by atoms with E-state index >= 15 is 0 Å². The van der Waals surface area contributed by atoms with Crippen molar-refractivity contribution in [3.63, 3.8) is 0 Å². The molecule has 3 unspecified atom stereocenters. The number of pyridine rings is 1. The van der Waals surface area contributed by atoms with Crippen molar-refractivity contribution in [2.75, 3.05) is 5.32 Å². The summed E-state index contributed by atoms with van der Waals surface area (Å²) < 4.78 is 0. The first kappa shape index (κ1) is 14.3. The van der Waals surface area contributed by atoms with Crippen LogP contribution in [0.15, 0.2) is 12.3 Å². The van der Waals surface area contributed by atoms with E-state index in [1.54, 1.807) is 13.0 Å². The summed E-state index contributed by atoms with van der Waals surface area (Å²) in [6.07, 6.45) is 5.20. The first-order chi connectivity index (χ1) is 9.74. The van der Waals surface area contributed by atoms with E-state index in [2.05, 4.69) is 31.1 Å². The Labute approximate surface area is 125 Å². The normalized spacial score (nSPS) is 33.1. The molecule has 2 saturated carbocycles. The molecule has 0 aromatic carbocycles. The average molecular weight is 289 g/mol. The second-order valence-electron chi connectivity index (χ2n) is 7.61. The molecule has 1 N–H and O–H groups in total. The maximum atomic E-state index is 10.9. The fourth-order valence-corrected chi connectivity index (χ4v) is 4.63. The van der Waals surface area contributed by atoms with Gasteiger partial charge in [0.2, 0.25) is 0 Å². The Kier molecular flexibility index (Phi) is 3.01. The Hall–Kier alpha value is -1.65. The van der Waals surface area contributed by atoms with Crippen molar-refractivity contribution in [3.8, 4) is 0 Å². The molecule has 2 aliphatic rings. The molecule has 1 heterocycles. The number of nitrogens with one attached hydrogen (secondary N) is 1. The molecule has 2 aliphatic carbocycles. The Morgan fingerprint density at radius 1 is 1.43 bits per heavy atom. The van der Waals surface area contributed by atoms with Crippen LogP contribution in [0.5, 0.6) is 0 Å². The van der Waals surface area contributed by atoms with Gasteiger partial charge in [0.25, 0.3) is 5.69 Å². The van der Waals surface area contributed by atoms with E-state index in [0.29, 0.717) is 17.0 Å². The van der Waals surface area contributed by atoms with Crippen LogP contribution in [0.3, 0.4) is 0 Å². The summed E-state index contributed by atoms with van der Waals surface area (Å²) in [5.41, 5.74) is 1.29. The molecule has 1 aromatic heterocycles. The Balaban J connectivity index is 1.87. The number of anilines is 1. The van der Waals surface area contributed by atoms with E-state index in [-0.39, 0.29) is 16.0 Å². The third-order valence-electron chi connectivity index (χ3n) is 5.84. The topological polar surface area (TPSA) is 68.1 Å². The highest BCUT2D eigenvalue weighted by atomic mass is 16.6. The van der Waals surface area contributed by atoms with E-state index in [9.17, 15) is 10.1 Å². The van der Waals surface area contributed by atoms with Crippen LogP contribution in [0, 0.1) is 33.8 Å². The van der Waals surface area contributed by atoms with Crippen molar-refractivity contribution < 1.29 is 4.92 Å². The van der Waals surface area contributed by atoms with Crippen molar-refractivity contribution in [1.29, 1.82) is 0 Å². The molecular weight excluding hydrogens is 266 g/mol. The monoisotopic (exact) mass is 289 g/mol. The van der Waals surface area contributed by atoms with Gasteiger partial charge in [-0.2, -0.15) is 0 Å². The van der Waals surface area contributed by atoms with Gasteiger partial charge in [-0.1, -0.05) is 20.8 Å². The average Bonchev–Trinajstić information content (AvgIpc) is 2.85. The highest BCUT2D eigenvalue weighted by molar-refractivity contribution is 5.48. The van der Waals surface area contributed by atoms with Crippen molar-refractivity contribution >= 4 is 11.5 Å². The quantitative estimate of drug-likeness (QED) is 0.676. The van der Waals surface area contributed by atoms with E-state index in [1.807, 2.05) is 0 Å². The van der Waals surface area contributed by atoms with Crippen molar-refractivity contribution in [1.82, 2.24) is 4.98 Å². The smallest absolute Gasteiger partial charge is 0.290 e. The minimum atomic E-state index is -0.380. The number of aromatic nitrogens is 1. The molecule has 5 nitrogen and oxygen atoms in total. The molecule has 2 bridgehead atoms. The number of aryl methyl sites for hydroxylation is 1. The van der Waals surface area contributed by atoms with Crippen molar-refractivity contribution in [2.45, 2.75) is 53.0 Å². The summed E-state index contributed by atoms with van der Waals surface area (Å²) in [5, 5.41) is 14.5. The van der Waals surface area contributed by atoms with E-state index < -0.39 is 0 Å². The van der Waals surface area contributed by atoms with Gasteiger partial charge in [-0.3, -0.25) is 10.1 Å². The summed E-state index contributed by atoms with van der Waals surface area (Å²) in [6, 6.07) is 2.17. The molecule has 3 rings (SSSR count). The molecule has 114 valence electrons. The van der Waals surface area contributed by atoms with Crippen LogP contribution in [0.25, 0.3) is 0 Å². The van der Waals surface area contributed by atoms with Crippen LogP contribution in [-0.4, -0.2) is 15.9 Å². The zero-order valence-electron chi connectivity index (χ0n) is 13.1. The summed E-state index contributed by atoms with van der Waals surface area (Å²) in [5.74, 6) is 1.52. The molecular formula is C16H23N3O2. The number of nitrogens with zero attached hydrogens (tertiary/aromatic N) is 2. The molecule has 3 atom stereocenters. The van der Waals surface area contributed by atoms with Gasteiger partial charge in [0.05, 0.1) is 4.92 Å². The molecule has 21 heavy (non-hydrogen) atoms. The van der Waals surface area contributed by atoms with Gasteiger partial charge in [0.1, 0.15) is 12.0 Å². The molecule has 0 saturated heterocycles. The Bertz CT molecular complexity index is 594. The lowest BCUT2D eigenvalue weighted by Crippen LogP contribution is -2.45. The fraction of sp³-hybridized carbons (Fsp3) is 0.688. The second-order valence-corrected chi connectivity index (χ2v) is 7.61. The summed E-state index contributed by atoms with van der Waals surface area (Å²) in [7, 11) is 0. The van der Waals surface area contributed by atoms with Crippen LogP contribution in [0.4, 0.5) is 11.5 Å². The van der Waals surface area contributed by atoms with Crippen LogP contribution >= 0.6 is 0 Å². The third kappa shape index (κ3) is 2.10. The van der Waals surface area contributed by atoms with E-state index in [1.165, 1.54) is 25.5 Å². The van der Waals surface area contributed by atoms with Gasteiger partial charge >= 0.3 is 0 Å². The number of nitro groups is 1. The standard InChI is InChI=1S/C16H23N3O2/c1-10-7-13(17-9-12(10)19(20)21)18-14-15(2,3)11-5-6-16(14,4)8-11/h7,9,11,14H,5-6,8H2,1-4H3,(H,17,18). The lowest BCUT2D eigenvalue weighted by molar-refractivity contribution is -0.385. The van der Waals surface area contributed by atoms with E-state index in [0.717, 1.165) is 11.7 Å². The van der Waals surface area contributed by atoms with Gasteiger partial charge in [-0.25, -0.2) is 4.98 Å². The first-order valence-corrected chi connectivity index (χ1v) is 7.61. The number of hydrogen-bond acceptors (Lipinski definition) is 4. The van der Waals surface area contributed by atoms with E-state index in [4.69, 9.17) is 0 Å². The van der Waals surface area contributed by atoms with Crippen LogP contribution < -0.4 is 5.32 Å². The molecule has 0 aliphatic heterocycles. The summed E-state index contributed by atoms with van der Waals surface area (Å²) >= 11 is 0. The zero-order chi connectivity index (χ0) is 15.4. The Morgan fingerprint density at radius 3 is 2.67 bits per heavy atom. The fourth-order valence-electron chi connectivity index (χ4n) is 4.63. The maximum absolute atomic E-state index is 10.9. The maximum Gasteiger partial charge on any atom is 0.290 e. The molecule has 0 spiro atoms. The van der Waals surface area contributed by atoms with Gasteiger partial charge in [-0.05, 0) is 49.0 Å². The van der Waals surface area contributed by atoms with Gasteiger partial charge in [0, 0.05) is 11.6 Å². The summed E-state index contributed by atoms with van der Waals surface area (Å²) in [6.45, 7) is 8.78. The predicted molar refractivity (Wildman–Crippen MR) is 82.3 cm³/mol. The molecule has 2 fully saturated rings. The first-order valence-electron chi connectivity index (χ1n) is 7.61. The predicted octanol–water partition coefficient (Wildman–Crippen LogP) is 3.92. The van der Waals surface area contributed by atoms with Gasteiger partial charge < -0.3 is 5.32 Å². The Morgan fingerprint density at radius 2 is 2.14 bits per heavy atom. The molecule has 1 aromatic rings. The zero-order valence-corrected chi connectivity index (χ0v) is 13.1. The lowest BCUT2D eigenvalue weighted by Gasteiger charge is -2.43. The summed E-state index contributed by atoms with van der Waals surface area (Å²) in [4.78, 5) is 14.8. The van der Waals surface area contributed by atoms with Crippen LogP contribution in [0.2, 0.25) is 0 Å². The van der Waals surface area contributed by atoms with Crippen molar-refractivity contribution in [2.24, 2.45) is 16.7 Å². The highest BCUT2D eigenvalue weighted by Crippen LogP contribution is 2.63. The third-order valence-corrected chi connectivity index (χ3v) is 5.84. The minimum absolute atomic E-state index is 0.0824. The van der Waals surface area contributed by atoms with Gasteiger partial charge in [0.15, 0.2) is 0 Å². The largest absolute Gasteiger partial charge is 0.366 e. The van der Waals surface area contributed by atoms with Gasteiger partial charge in [-0.15, -0.1) is 0 Å². The van der Waals surface area contributed by atoms with Crippen LogP contribution in [0.1, 0.15) is 45.6 Å². The number of rotatable bonds is 3. The van der Waals surface area contributed by atoms with Crippen LogP contribution in [-0.2, 0) is 0 Å². The second kappa shape index (κ2) is 4.42. The molecule has 0 amide bonds. The van der Waals surface area contributed by atoms with Crippen molar-refractivity contribution in [3.05, 3.63) is 27.9 Å². The number of fused-ring (bicyclic) bond motifs is 2. The molecule has 5 heteroatoms. The lowest BCUT2D eigenvalue weighted by atomic mass is 9.68. The molecule has 0 radical (unpaired) electrons. The minimum Gasteiger partial charge on any atom is -0.366 e. The number of hydrogen-bond donors (Lipinski definition) is 1.